The first-order valence-electron chi connectivity index (χ1n) is 6.60. The summed E-state index contributed by atoms with van der Waals surface area (Å²) < 4.78 is 15.3. The standard InChI is InChI=1S/C15H20FN3/c1-12(11-13-5-3-4-6-15(13)16)17-9-7-14-8-10-19(2)18-14/h3-6,8,10,12,17H,7,9,11H2,1-2H3. The van der Waals surface area contributed by atoms with Crippen LogP contribution in [0.25, 0.3) is 0 Å². The maximum Gasteiger partial charge on any atom is 0.126 e. The highest BCUT2D eigenvalue weighted by Crippen LogP contribution is 2.08. The number of hydrogen-bond acceptors (Lipinski definition) is 2. The van der Waals surface area contributed by atoms with E-state index in [4.69, 9.17) is 0 Å². The average Bonchev–Trinajstić information content (AvgIpc) is 2.78. The zero-order chi connectivity index (χ0) is 13.7. The molecule has 3 nitrogen and oxygen atoms in total. The van der Waals surface area contributed by atoms with Crippen molar-refractivity contribution in [3.63, 3.8) is 0 Å². The quantitative estimate of drug-likeness (QED) is 0.865. The zero-order valence-electron chi connectivity index (χ0n) is 11.4. The van der Waals surface area contributed by atoms with Crippen LogP contribution in [0.1, 0.15) is 18.2 Å². The van der Waals surface area contributed by atoms with Gasteiger partial charge in [-0.25, -0.2) is 4.39 Å². The summed E-state index contributed by atoms with van der Waals surface area (Å²) in [6.45, 7) is 2.93. The van der Waals surface area contributed by atoms with Crippen LogP contribution in [-0.2, 0) is 19.9 Å². The molecule has 0 radical (unpaired) electrons. The van der Waals surface area contributed by atoms with Crippen LogP contribution in [0.15, 0.2) is 36.5 Å². The van der Waals surface area contributed by atoms with Crippen LogP contribution >= 0.6 is 0 Å². The lowest BCUT2D eigenvalue weighted by Crippen LogP contribution is -2.30. The van der Waals surface area contributed by atoms with Gasteiger partial charge in [0.25, 0.3) is 0 Å². The van der Waals surface area contributed by atoms with E-state index in [0.29, 0.717) is 6.42 Å². The van der Waals surface area contributed by atoms with Gasteiger partial charge in [-0.15, -0.1) is 0 Å². The predicted molar refractivity (Wildman–Crippen MR) is 74.5 cm³/mol. The Morgan fingerprint density at radius 1 is 1.32 bits per heavy atom. The lowest BCUT2D eigenvalue weighted by Gasteiger charge is -2.13. The van der Waals surface area contributed by atoms with E-state index in [1.807, 2.05) is 31.4 Å². The molecule has 0 bridgehead atoms. The molecule has 0 saturated heterocycles. The number of benzene rings is 1. The van der Waals surface area contributed by atoms with Gasteiger partial charge in [-0.2, -0.15) is 5.10 Å². The van der Waals surface area contributed by atoms with Crippen molar-refractivity contribution < 1.29 is 4.39 Å². The highest BCUT2D eigenvalue weighted by molar-refractivity contribution is 5.18. The molecule has 0 aliphatic heterocycles. The Balaban J connectivity index is 1.76. The molecule has 0 aliphatic rings. The van der Waals surface area contributed by atoms with Crippen molar-refractivity contribution in [2.24, 2.45) is 7.05 Å². The molecule has 19 heavy (non-hydrogen) atoms. The molecule has 0 spiro atoms. The summed E-state index contributed by atoms with van der Waals surface area (Å²) in [6.07, 6.45) is 3.54. The fraction of sp³-hybridized carbons (Fsp3) is 0.400. The second-order valence-electron chi connectivity index (χ2n) is 4.88. The first-order valence-corrected chi connectivity index (χ1v) is 6.60. The SMILES string of the molecule is CC(Cc1ccccc1F)NCCc1ccn(C)n1. The third-order valence-corrected chi connectivity index (χ3v) is 3.13. The first kappa shape index (κ1) is 13.7. The van der Waals surface area contributed by atoms with Crippen molar-refractivity contribution in [3.8, 4) is 0 Å². The maximum absolute atomic E-state index is 13.5. The van der Waals surface area contributed by atoms with Gasteiger partial charge < -0.3 is 5.32 Å². The highest BCUT2D eigenvalue weighted by Gasteiger charge is 2.07. The Morgan fingerprint density at radius 2 is 2.11 bits per heavy atom. The molecular formula is C15H20FN3. The van der Waals surface area contributed by atoms with Crippen LogP contribution in [0.5, 0.6) is 0 Å². The molecule has 1 N–H and O–H groups in total. The molecule has 0 amide bonds. The highest BCUT2D eigenvalue weighted by atomic mass is 19.1. The minimum Gasteiger partial charge on any atom is -0.314 e. The normalized spacial score (nSPS) is 12.6. The molecule has 0 aliphatic carbocycles. The van der Waals surface area contributed by atoms with Gasteiger partial charge in [-0.3, -0.25) is 4.68 Å². The smallest absolute Gasteiger partial charge is 0.126 e. The molecule has 0 saturated carbocycles. The van der Waals surface area contributed by atoms with E-state index in [2.05, 4.69) is 17.3 Å². The Hall–Kier alpha value is -1.68. The fourth-order valence-corrected chi connectivity index (χ4v) is 2.11. The third kappa shape index (κ3) is 4.17. The molecular weight excluding hydrogens is 241 g/mol. The summed E-state index contributed by atoms with van der Waals surface area (Å²) in [6, 6.07) is 9.21. The summed E-state index contributed by atoms with van der Waals surface area (Å²) >= 11 is 0. The number of aryl methyl sites for hydroxylation is 1. The van der Waals surface area contributed by atoms with Crippen molar-refractivity contribution in [2.75, 3.05) is 6.54 Å². The van der Waals surface area contributed by atoms with E-state index in [1.54, 1.807) is 10.7 Å². The van der Waals surface area contributed by atoms with E-state index in [9.17, 15) is 4.39 Å². The van der Waals surface area contributed by atoms with Gasteiger partial charge in [0, 0.05) is 32.3 Å². The maximum atomic E-state index is 13.5. The lowest BCUT2D eigenvalue weighted by molar-refractivity contribution is 0.526. The molecule has 1 heterocycles. The van der Waals surface area contributed by atoms with Crippen LogP contribution < -0.4 is 5.32 Å². The molecule has 2 rings (SSSR count). The topological polar surface area (TPSA) is 29.9 Å². The van der Waals surface area contributed by atoms with Crippen molar-refractivity contribution in [3.05, 3.63) is 53.6 Å². The van der Waals surface area contributed by atoms with E-state index in [0.717, 1.165) is 24.2 Å². The van der Waals surface area contributed by atoms with Crippen LogP contribution in [0.2, 0.25) is 0 Å². The summed E-state index contributed by atoms with van der Waals surface area (Å²) in [5.41, 5.74) is 1.84. The third-order valence-electron chi connectivity index (χ3n) is 3.13. The van der Waals surface area contributed by atoms with E-state index in [-0.39, 0.29) is 11.9 Å². The second-order valence-corrected chi connectivity index (χ2v) is 4.88. The Morgan fingerprint density at radius 3 is 2.79 bits per heavy atom. The largest absolute Gasteiger partial charge is 0.314 e. The number of nitrogens with one attached hydrogen (secondary N) is 1. The Kier molecular flexibility index (Phi) is 4.68. The van der Waals surface area contributed by atoms with Crippen molar-refractivity contribution >= 4 is 0 Å². The second kappa shape index (κ2) is 6.48. The van der Waals surface area contributed by atoms with Crippen LogP contribution in [0.4, 0.5) is 4.39 Å². The first-order chi connectivity index (χ1) is 9.15. The predicted octanol–water partition coefficient (Wildman–Crippen LogP) is 2.32. The minimum atomic E-state index is -0.124. The number of aromatic nitrogens is 2. The van der Waals surface area contributed by atoms with Crippen LogP contribution in [-0.4, -0.2) is 22.4 Å². The van der Waals surface area contributed by atoms with Crippen molar-refractivity contribution in [1.29, 1.82) is 0 Å². The van der Waals surface area contributed by atoms with Crippen molar-refractivity contribution in [2.45, 2.75) is 25.8 Å². The van der Waals surface area contributed by atoms with Gasteiger partial charge in [0.2, 0.25) is 0 Å². The van der Waals surface area contributed by atoms with Gasteiger partial charge in [-0.1, -0.05) is 18.2 Å². The van der Waals surface area contributed by atoms with E-state index < -0.39 is 0 Å². The minimum absolute atomic E-state index is 0.124. The van der Waals surface area contributed by atoms with Crippen LogP contribution in [0, 0.1) is 5.82 Å². The average molecular weight is 261 g/mol. The van der Waals surface area contributed by atoms with Gasteiger partial charge in [-0.05, 0) is 31.0 Å². The summed E-state index contributed by atoms with van der Waals surface area (Å²) in [5, 5.41) is 7.72. The molecule has 102 valence electrons. The van der Waals surface area contributed by atoms with Gasteiger partial charge >= 0.3 is 0 Å². The Bertz CT molecular complexity index is 522. The number of rotatable bonds is 6. The molecule has 1 aromatic carbocycles. The van der Waals surface area contributed by atoms with E-state index in [1.165, 1.54) is 6.07 Å². The zero-order valence-corrected chi connectivity index (χ0v) is 11.4. The summed E-state index contributed by atoms with van der Waals surface area (Å²) in [5.74, 6) is -0.124. The molecule has 1 aromatic heterocycles. The fourth-order valence-electron chi connectivity index (χ4n) is 2.11. The monoisotopic (exact) mass is 261 g/mol. The number of halogens is 1. The molecule has 4 heteroatoms. The van der Waals surface area contributed by atoms with Gasteiger partial charge in [0.15, 0.2) is 0 Å². The molecule has 1 unspecified atom stereocenters. The Labute approximate surface area is 113 Å². The van der Waals surface area contributed by atoms with Gasteiger partial charge in [0.05, 0.1) is 5.69 Å². The summed E-state index contributed by atoms with van der Waals surface area (Å²) in [7, 11) is 1.91. The molecule has 0 fully saturated rings. The van der Waals surface area contributed by atoms with E-state index >= 15 is 0 Å². The van der Waals surface area contributed by atoms with Crippen LogP contribution in [0.3, 0.4) is 0 Å². The molecule has 1 atom stereocenters. The number of hydrogen-bond donors (Lipinski definition) is 1. The summed E-state index contributed by atoms with van der Waals surface area (Å²) in [4.78, 5) is 0. The molecule has 2 aromatic rings. The number of nitrogens with zero attached hydrogens (tertiary/aromatic N) is 2. The lowest BCUT2D eigenvalue weighted by atomic mass is 10.1. The van der Waals surface area contributed by atoms with Crippen molar-refractivity contribution in [1.82, 2.24) is 15.1 Å². The van der Waals surface area contributed by atoms with Gasteiger partial charge in [0.1, 0.15) is 5.82 Å².